The highest BCUT2D eigenvalue weighted by Gasteiger charge is 2.26. The molecule has 0 fully saturated rings. The minimum Gasteiger partial charge on any atom is -0.480 e. The summed E-state index contributed by atoms with van der Waals surface area (Å²) in [5, 5.41) is 19.3. The molecule has 0 atom stereocenters. The second kappa shape index (κ2) is 4.61. The molecule has 0 aliphatic rings. The summed E-state index contributed by atoms with van der Waals surface area (Å²) in [5.74, 6) is 0.0974. The summed E-state index contributed by atoms with van der Waals surface area (Å²) in [6.07, 6.45) is 1.50. The first-order valence-corrected chi connectivity index (χ1v) is 5.34. The van der Waals surface area contributed by atoms with Gasteiger partial charge < -0.3 is 13.9 Å². The second-order valence-corrected chi connectivity index (χ2v) is 4.26. The maximum absolute atomic E-state index is 10.9. The van der Waals surface area contributed by atoms with Gasteiger partial charge in [-0.3, -0.25) is 10.1 Å². The van der Waals surface area contributed by atoms with Crippen LogP contribution in [0.25, 0.3) is 11.7 Å². The van der Waals surface area contributed by atoms with Crippen LogP contribution in [0.15, 0.2) is 27.2 Å². The molecule has 2 rings (SSSR count). The lowest BCUT2D eigenvalue weighted by Crippen LogP contribution is -2.46. The lowest BCUT2D eigenvalue weighted by Gasteiger charge is -2.19. The Labute approximate surface area is 103 Å². The highest BCUT2D eigenvalue weighted by Crippen LogP contribution is 2.17. The lowest BCUT2D eigenvalue weighted by atomic mass is 10.1. The van der Waals surface area contributed by atoms with Crippen molar-refractivity contribution >= 4 is 5.97 Å². The van der Waals surface area contributed by atoms with Gasteiger partial charge in [0, 0.05) is 0 Å². The van der Waals surface area contributed by atoms with E-state index < -0.39 is 11.5 Å². The fourth-order valence-electron chi connectivity index (χ4n) is 1.20. The van der Waals surface area contributed by atoms with E-state index in [1.54, 1.807) is 26.0 Å². The van der Waals surface area contributed by atoms with Gasteiger partial charge in [0.05, 0.1) is 12.8 Å². The van der Waals surface area contributed by atoms with E-state index in [2.05, 4.69) is 15.5 Å². The average Bonchev–Trinajstić information content (AvgIpc) is 2.97. The maximum atomic E-state index is 10.9. The molecule has 0 saturated carbocycles. The molecule has 0 unspecified atom stereocenters. The molecule has 96 valence electrons. The second-order valence-electron chi connectivity index (χ2n) is 4.26. The third kappa shape index (κ3) is 2.57. The summed E-state index contributed by atoms with van der Waals surface area (Å²) in [7, 11) is 0. The van der Waals surface area contributed by atoms with Crippen LogP contribution < -0.4 is 5.32 Å². The van der Waals surface area contributed by atoms with Gasteiger partial charge in [0.25, 0.3) is 5.89 Å². The van der Waals surface area contributed by atoms with Gasteiger partial charge in [-0.25, -0.2) is 0 Å². The van der Waals surface area contributed by atoms with Crippen molar-refractivity contribution in [2.24, 2.45) is 0 Å². The number of carboxylic acids is 1. The maximum Gasteiger partial charge on any atom is 0.323 e. The number of nitrogens with zero attached hydrogens (tertiary/aromatic N) is 2. The van der Waals surface area contributed by atoms with Gasteiger partial charge in [-0.05, 0) is 26.0 Å². The normalized spacial score (nSPS) is 11.7. The van der Waals surface area contributed by atoms with Gasteiger partial charge in [0.1, 0.15) is 5.54 Å². The van der Waals surface area contributed by atoms with Gasteiger partial charge in [-0.1, -0.05) is 0 Å². The molecular weight excluding hydrogens is 238 g/mol. The standard InChI is InChI=1S/C11H13N3O4/c1-11(2,10(15)16)12-6-8-13-14-9(18-8)7-4-3-5-17-7/h3-5,12H,6H2,1-2H3,(H,15,16). The third-order valence-corrected chi connectivity index (χ3v) is 2.42. The first kappa shape index (κ1) is 12.3. The minimum atomic E-state index is -1.06. The summed E-state index contributed by atoms with van der Waals surface area (Å²) in [4.78, 5) is 10.9. The number of hydrogen-bond donors (Lipinski definition) is 2. The number of carbonyl (C=O) groups is 1. The Bertz CT molecular complexity index is 530. The van der Waals surface area contributed by atoms with Crippen molar-refractivity contribution in [2.45, 2.75) is 25.9 Å². The number of aromatic nitrogens is 2. The van der Waals surface area contributed by atoms with Crippen LogP contribution in [0, 0.1) is 0 Å². The van der Waals surface area contributed by atoms with E-state index in [0.29, 0.717) is 11.7 Å². The highest BCUT2D eigenvalue weighted by molar-refractivity contribution is 5.77. The molecule has 0 spiro atoms. The molecule has 7 nitrogen and oxygen atoms in total. The van der Waals surface area contributed by atoms with E-state index in [9.17, 15) is 4.79 Å². The van der Waals surface area contributed by atoms with E-state index >= 15 is 0 Å². The quantitative estimate of drug-likeness (QED) is 0.825. The Morgan fingerprint density at radius 2 is 2.28 bits per heavy atom. The van der Waals surface area contributed by atoms with Crippen molar-refractivity contribution in [2.75, 3.05) is 0 Å². The number of furan rings is 1. The molecule has 0 bridgehead atoms. The van der Waals surface area contributed by atoms with Crippen LogP contribution in [0.2, 0.25) is 0 Å². The van der Waals surface area contributed by atoms with E-state index in [-0.39, 0.29) is 12.4 Å². The predicted octanol–water partition coefficient (Wildman–Crippen LogP) is 1.28. The fraction of sp³-hybridized carbons (Fsp3) is 0.364. The number of rotatable bonds is 5. The topological polar surface area (TPSA) is 101 Å². The van der Waals surface area contributed by atoms with Crippen molar-refractivity contribution in [3.8, 4) is 11.7 Å². The Morgan fingerprint density at radius 1 is 1.50 bits per heavy atom. The third-order valence-electron chi connectivity index (χ3n) is 2.42. The summed E-state index contributed by atoms with van der Waals surface area (Å²) in [6.45, 7) is 3.28. The van der Waals surface area contributed by atoms with Crippen LogP contribution in [-0.4, -0.2) is 26.8 Å². The summed E-state index contributed by atoms with van der Waals surface area (Å²) in [5.41, 5.74) is -1.06. The van der Waals surface area contributed by atoms with Crippen molar-refractivity contribution in [1.82, 2.24) is 15.5 Å². The Morgan fingerprint density at radius 3 is 2.89 bits per heavy atom. The number of aliphatic carboxylic acids is 1. The van der Waals surface area contributed by atoms with E-state index in [0.717, 1.165) is 0 Å². The Kier molecular flexibility index (Phi) is 3.15. The molecule has 7 heteroatoms. The zero-order valence-electron chi connectivity index (χ0n) is 10.0. The predicted molar refractivity (Wildman–Crippen MR) is 60.6 cm³/mol. The molecule has 0 aliphatic carbocycles. The molecule has 0 aliphatic heterocycles. The molecule has 2 aromatic rings. The lowest BCUT2D eigenvalue weighted by molar-refractivity contribution is -0.143. The molecule has 2 aromatic heterocycles. The first-order chi connectivity index (χ1) is 8.49. The molecular formula is C11H13N3O4. The monoisotopic (exact) mass is 251 g/mol. The molecule has 0 saturated heterocycles. The van der Waals surface area contributed by atoms with Crippen LogP contribution in [0.3, 0.4) is 0 Å². The van der Waals surface area contributed by atoms with E-state index in [1.165, 1.54) is 6.26 Å². The van der Waals surface area contributed by atoms with Crippen LogP contribution in [0.1, 0.15) is 19.7 Å². The van der Waals surface area contributed by atoms with E-state index in [4.69, 9.17) is 13.9 Å². The van der Waals surface area contributed by atoms with Gasteiger partial charge in [-0.15, -0.1) is 10.2 Å². The van der Waals surface area contributed by atoms with Crippen LogP contribution in [0.5, 0.6) is 0 Å². The van der Waals surface area contributed by atoms with Crippen molar-refractivity contribution in [1.29, 1.82) is 0 Å². The molecule has 2 heterocycles. The Balaban J connectivity index is 2.02. The largest absolute Gasteiger partial charge is 0.480 e. The summed E-state index contributed by atoms with van der Waals surface area (Å²) >= 11 is 0. The van der Waals surface area contributed by atoms with Crippen LogP contribution in [-0.2, 0) is 11.3 Å². The number of hydrogen-bond acceptors (Lipinski definition) is 6. The van der Waals surface area contributed by atoms with Gasteiger partial charge in [-0.2, -0.15) is 0 Å². The van der Waals surface area contributed by atoms with Crippen molar-refractivity contribution < 1.29 is 18.7 Å². The fourth-order valence-corrected chi connectivity index (χ4v) is 1.20. The van der Waals surface area contributed by atoms with E-state index in [1.807, 2.05) is 0 Å². The first-order valence-electron chi connectivity index (χ1n) is 5.34. The molecule has 0 aromatic carbocycles. The zero-order chi connectivity index (χ0) is 13.2. The summed E-state index contributed by atoms with van der Waals surface area (Å²) < 4.78 is 10.4. The molecule has 2 N–H and O–H groups in total. The minimum absolute atomic E-state index is 0.174. The molecule has 18 heavy (non-hydrogen) atoms. The SMILES string of the molecule is CC(C)(NCc1nnc(-c2ccco2)o1)C(=O)O. The van der Waals surface area contributed by atoms with Crippen molar-refractivity contribution in [3.63, 3.8) is 0 Å². The zero-order valence-corrected chi connectivity index (χ0v) is 10.0. The van der Waals surface area contributed by atoms with Gasteiger partial charge in [0.2, 0.25) is 5.89 Å². The number of nitrogens with one attached hydrogen (secondary N) is 1. The molecule has 0 radical (unpaired) electrons. The summed E-state index contributed by atoms with van der Waals surface area (Å²) in [6, 6.07) is 3.41. The highest BCUT2D eigenvalue weighted by atomic mass is 16.4. The van der Waals surface area contributed by atoms with Gasteiger partial charge in [0.15, 0.2) is 5.76 Å². The van der Waals surface area contributed by atoms with Crippen LogP contribution >= 0.6 is 0 Å². The van der Waals surface area contributed by atoms with Crippen molar-refractivity contribution in [3.05, 3.63) is 24.3 Å². The number of carboxylic acid groups (broad SMARTS) is 1. The smallest absolute Gasteiger partial charge is 0.323 e. The van der Waals surface area contributed by atoms with Crippen LogP contribution in [0.4, 0.5) is 0 Å². The molecule has 0 amide bonds. The Hall–Kier alpha value is -2.15. The van der Waals surface area contributed by atoms with Gasteiger partial charge >= 0.3 is 5.97 Å². The average molecular weight is 251 g/mol.